The quantitative estimate of drug-likeness (QED) is 0.00735. The number of ketones is 4. The van der Waals surface area contributed by atoms with E-state index in [2.05, 4.69) is 39.4 Å². The standard InChI is InChI=1S/C43H64N6O10.C35H57N5O10.C8H7N.CH3FS/c1-12-33-43(8)37(49(41(54)59-43)19-14-13-18-48-23-31(45-46-48)29-16-15-17-30(44)21-29)26(4)34(50)24(2)22-42(7,55-11)38(27(5)35(51)28(6)39(53)57-33)58-40-36(52)32(47(9)10)20-25(3)56-40;1-12-25-35(8)29(40(33(45)50-35)16-14-13-15-37-38-36)21(4)26(41)19(2)18-34(7,46-11)30(22(5)27(42)23(6)31(44)48-25)49-32-28(43)24(39(9)10)17-20(3)47-32;1-2-7-4-3-5-8(9)6-7;1-3-2/h15-17,21,23-25,27-28,32-33,36-38,40,52H,4,12-14,18-20,22,44H2,1-3,5-11H3;19-20,22-25,28-30,32,43H,4,12-18H2,1-3,5-11H3;1,3-6H,9H2;1H3/t24-,25?,27+,28-,32?,33-,36?,37-,38-,40+,42-,43-;19-,20?,22+,23-,24?,25-,28?,29-,30-,32+,34-,35-;;/m11../s1. The van der Waals surface area contributed by atoms with E-state index in [1.807, 2.05) is 88.4 Å². The van der Waals surface area contributed by atoms with Crippen molar-refractivity contribution in [1.82, 2.24) is 34.6 Å². The SMILES string of the molecule is C#Cc1cccc(N)c1.C=C1C(=O)[C@H](C)C[C@@](C)(OC)[C@H](O[C@@H]2OC(C)CC(N(C)C)C2O)[C@@H](C)C(=O)[C@@H](C)C(=O)O[C@H](CC)[C@@]2(C)OC(=O)N(CCCCN=[N+]=[N-])[C@H]12.C=C1C(=O)[C@H](C)C[C@@](C)(OC)[C@H](O[C@@H]2OC(C)CC(N(C)C)C2O)[C@@H](C)C(=O)[C@@H](C)C(=O)O[C@H](CC)[C@@]2(C)OC(=O)N(CCCCn3cc(-c4cccc(N)c4)nn3)[C@H]12.CSF. The van der Waals surface area contributed by atoms with Crippen molar-refractivity contribution in [1.29, 1.82) is 0 Å². The third-order valence-electron chi connectivity index (χ3n) is 24.3. The van der Waals surface area contributed by atoms with Crippen molar-refractivity contribution in [2.75, 3.05) is 79.8 Å². The van der Waals surface area contributed by atoms with E-state index in [0.29, 0.717) is 62.1 Å². The Morgan fingerprint density at radius 1 is 0.669 bits per heavy atom. The predicted molar refractivity (Wildman–Crippen MR) is 455 cm³/mol. The zero-order valence-corrected chi connectivity index (χ0v) is 75.1. The lowest BCUT2D eigenvalue weighted by Crippen LogP contribution is -2.59. The molecule has 24 atom stereocenters. The summed E-state index contributed by atoms with van der Waals surface area (Å²) in [4.78, 5) is 122. The molecule has 6 fully saturated rings. The Labute approximate surface area is 716 Å². The van der Waals surface area contributed by atoms with Gasteiger partial charge in [0.25, 0.3) is 0 Å². The minimum atomic E-state index is -1.52. The highest BCUT2D eigenvalue weighted by atomic mass is 32.2. The minimum Gasteiger partial charge on any atom is -0.457 e. The maximum atomic E-state index is 14.6. The second kappa shape index (κ2) is 44.8. The maximum Gasteiger partial charge on any atom is 0.411 e. The average molecular weight is 1720 g/mol. The summed E-state index contributed by atoms with van der Waals surface area (Å²) in [6.07, 6.45) is 1.44. The molecule has 0 aliphatic carbocycles. The molecule has 6 N–H and O–H groups in total. The first-order valence-corrected chi connectivity index (χ1v) is 42.6. The van der Waals surface area contributed by atoms with Gasteiger partial charge in [0.2, 0.25) is 0 Å². The highest BCUT2D eigenvalue weighted by Crippen LogP contribution is 2.46. The number of nitrogen functional groups attached to an aromatic ring is 2. The number of terminal acetylenes is 1. The van der Waals surface area contributed by atoms with Crippen LogP contribution in [0.3, 0.4) is 0 Å². The first-order chi connectivity index (χ1) is 56.9. The molecule has 32 nitrogen and oxygen atoms in total. The number of hydrogen-bond donors (Lipinski definition) is 4. The van der Waals surface area contributed by atoms with E-state index in [0.717, 1.165) is 11.1 Å². The molecule has 34 heteroatoms. The van der Waals surface area contributed by atoms with Crippen molar-refractivity contribution in [3.63, 3.8) is 0 Å². The van der Waals surface area contributed by atoms with Crippen LogP contribution in [0.4, 0.5) is 24.8 Å². The normalized spacial score (nSPS) is 34.0. The number of aliphatic hydroxyl groups excluding tert-OH is 2. The number of esters is 2. The van der Waals surface area contributed by atoms with Gasteiger partial charge >= 0.3 is 24.1 Å². The van der Waals surface area contributed by atoms with E-state index in [-0.39, 0.29) is 104 Å². The average Bonchev–Trinajstić information content (AvgIpc) is 1.70. The fourth-order valence-corrected chi connectivity index (χ4v) is 17.5. The van der Waals surface area contributed by atoms with E-state index in [1.165, 1.54) is 44.1 Å². The molecule has 672 valence electrons. The second-order valence-electron chi connectivity index (χ2n) is 33.9. The fraction of sp³-hybridized carbons (Fsp3) is 0.678. The molecule has 9 rings (SSSR count). The van der Waals surface area contributed by atoms with Crippen LogP contribution in [0.15, 0.2) is 84.1 Å². The number of carbonyl (C=O) groups excluding carboxylic acids is 8. The molecule has 0 radical (unpaired) electrons. The van der Waals surface area contributed by atoms with Crippen LogP contribution in [0.25, 0.3) is 21.7 Å². The highest BCUT2D eigenvalue weighted by molar-refractivity contribution is 7.93. The number of fused-ring (bicyclic) bond motifs is 2. The van der Waals surface area contributed by atoms with Gasteiger partial charge in [0.05, 0.1) is 41.8 Å². The first kappa shape index (κ1) is 101. The number of aromatic nitrogens is 3. The molecule has 2 aromatic carbocycles. The predicted octanol–water partition coefficient (Wildman–Crippen LogP) is 11.1. The lowest BCUT2D eigenvalue weighted by atomic mass is 9.75. The molecular formula is C87H131FN12O20S. The number of aryl methyl sites for hydroxylation is 1. The zero-order valence-electron chi connectivity index (χ0n) is 74.3. The molecule has 121 heavy (non-hydrogen) atoms. The summed E-state index contributed by atoms with van der Waals surface area (Å²) in [5.74, 6) is -6.83. The number of rotatable bonds is 21. The van der Waals surface area contributed by atoms with Crippen molar-refractivity contribution < 1.29 is 99.8 Å². The number of benzene rings is 2. The Balaban J connectivity index is 0.000000332. The Hall–Kier alpha value is -8.43. The van der Waals surface area contributed by atoms with Crippen LogP contribution < -0.4 is 11.5 Å². The zero-order chi connectivity index (χ0) is 90.7. The second-order valence-corrected chi connectivity index (χ2v) is 34.2. The number of likely N-dealkylation sites (N-methyl/N-ethyl adjacent to an activating group) is 2. The van der Waals surface area contributed by atoms with E-state index in [9.17, 15) is 52.5 Å². The van der Waals surface area contributed by atoms with E-state index in [1.54, 1.807) is 92.1 Å². The van der Waals surface area contributed by atoms with Crippen molar-refractivity contribution in [3.8, 4) is 23.6 Å². The monoisotopic (exact) mass is 1710 g/mol. The minimum absolute atomic E-state index is 0.0551. The van der Waals surface area contributed by atoms with E-state index < -0.39 is 155 Å². The highest BCUT2D eigenvalue weighted by Gasteiger charge is 2.62. The van der Waals surface area contributed by atoms with Crippen LogP contribution >= 0.6 is 12.1 Å². The van der Waals surface area contributed by atoms with Crippen LogP contribution in [0.5, 0.6) is 0 Å². The van der Waals surface area contributed by atoms with Gasteiger partial charge in [-0.3, -0.25) is 43.2 Å². The topological polar surface area (TPSA) is 414 Å². The number of hydrogen-bond acceptors (Lipinski definition) is 28. The molecule has 6 aliphatic heterocycles. The van der Waals surface area contributed by atoms with Crippen LogP contribution in [0.1, 0.15) is 167 Å². The van der Waals surface area contributed by atoms with Gasteiger partial charge in [0.15, 0.2) is 46.9 Å². The molecule has 0 spiro atoms. The molecule has 6 saturated heterocycles. The molecule has 2 amide bonds. The van der Waals surface area contributed by atoms with Crippen molar-refractivity contribution >= 4 is 70.8 Å². The molecule has 6 unspecified atom stereocenters. The number of unbranched alkanes of at least 4 members (excludes halogenated alkanes) is 2. The smallest absolute Gasteiger partial charge is 0.411 e. The largest absolute Gasteiger partial charge is 0.457 e. The number of Topliss-reactive ketones (excluding diaryl/α,β-unsaturated/α-hetero) is 4. The molecule has 0 saturated carbocycles. The number of cyclic esters (lactones) is 2. The summed E-state index contributed by atoms with van der Waals surface area (Å²) in [5.41, 5.74) is 18.3. The number of nitrogens with two attached hydrogens (primary N) is 2. The van der Waals surface area contributed by atoms with Crippen molar-refractivity contribution in [2.45, 2.75) is 276 Å². The number of ether oxygens (including phenoxy) is 10. The third kappa shape index (κ3) is 24.3. The van der Waals surface area contributed by atoms with E-state index in [4.69, 9.17) is 70.8 Å². The molecule has 3 aromatic rings. The fourth-order valence-electron chi connectivity index (χ4n) is 17.5. The lowest BCUT2D eigenvalue weighted by Gasteiger charge is -2.47. The molecule has 7 heterocycles. The Bertz CT molecular complexity index is 4160. The summed E-state index contributed by atoms with van der Waals surface area (Å²) in [6.45, 7) is 33.3. The Kier molecular flexibility index (Phi) is 37.5. The van der Waals surface area contributed by atoms with Gasteiger partial charge in [-0.25, -0.2) is 9.59 Å². The Morgan fingerprint density at radius 3 is 1.45 bits per heavy atom. The number of carbonyl (C=O) groups is 8. The number of aliphatic hydroxyl groups is 2. The van der Waals surface area contributed by atoms with Gasteiger partial charge < -0.3 is 78.8 Å². The molecule has 1 aromatic heterocycles. The number of methoxy groups -OCH3 is 2. The number of azide groups is 1. The maximum absolute atomic E-state index is 14.6. The van der Waals surface area contributed by atoms with Crippen LogP contribution in [-0.4, -0.2) is 268 Å². The van der Waals surface area contributed by atoms with Gasteiger partial charge in [0.1, 0.15) is 54.0 Å². The summed E-state index contributed by atoms with van der Waals surface area (Å²) in [7, 11) is 10.3. The van der Waals surface area contributed by atoms with Crippen LogP contribution in [0.2, 0.25) is 0 Å². The molecular weight excluding hydrogens is 1580 g/mol. The summed E-state index contributed by atoms with van der Waals surface area (Å²) in [6, 6.07) is 12.0. The van der Waals surface area contributed by atoms with Crippen molar-refractivity contribution in [3.05, 3.63) is 95.0 Å². The van der Waals surface area contributed by atoms with Crippen LogP contribution in [-0.2, 0) is 82.7 Å². The molecule has 6 aliphatic rings. The summed E-state index contributed by atoms with van der Waals surface area (Å²) < 4.78 is 73.6. The van der Waals surface area contributed by atoms with Gasteiger partial charge in [-0.15, -0.1) is 11.5 Å². The number of amides is 2. The number of anilines is 2. The van der Waals surface area contributed by atoms with Crippen molar-refractivity contribution in [2.24, 2.45) is 40.6 Å². The van der Waals surface area contributed by atoms with Gasteiger partial charge in [-0.2, -0.15) is 3.89 Å². The van der Waals surface area contributed by atoms with E-state index >= 15 is 0 Å². The summed E-state index contributed by atoms with van der Waals surface area (Å²) in [5, 5.41) is 34.9. The van der Waals surface area contributed by atoms with Gasteiger partial charge in [-0.05, 0) is 184 Å². The third-order valence-corrected chi connectivity index (χ3v) is 24.3. The Morgan fingerprint density at radius 2 is 1.07 bits per heavy atom. The first-order valence-electron chi connectivity index (χ1n) is 41.5. The number of halogens is 1. The van der Waals surface area contributed by atoms with Gasteiger partial charge in [0, 0.05) is 133 Å². The van der Waals surface area contributed by atoms with Crippen LogP contribution in [0, 0.1) is 47.9 Å². The summed E-state index contributed by atoms with van der Waals surface area (Å²) >= 11 is 0.250. The van der Waals surface area contributed by atoms with Gasteiger partial charge in [-0.1, -0.05) is 89.1 Å². The number of nitrogens with zero attached hydrogens (tertiary/aromatic N) is 10. The lowest BCUT2D eigenvalue weighted by molar-refractivity contribution is -0.295. The molecule has 0 bridgehead atoms.